The highest BCUT2D eigenvalue weighted by molar-refractivity contribution is 6.30. The summed E-state index contributed by atoms with van der Waals surface area (Å²) in [7, 11) is 0. The molecule has 0 aliphatic heterocycles. The van der Waals surface area contributed by atoms with Crippen molar-refractivity contribution < 1.29 is 15.0 Å². The Hall–Kier alpha value is -1.14. The topological polar surface area (TPSA) is 72.8 Å². The highest BCUT2D eigenvalue weighted by Gasteiger charge is 2.08. The molecular formula is C13H19ClN2O3. The van der Waals surface area contributed by atoms with Gasteiger partial charge in [-0.1, -0.05) is 17.7 Å². The molecule has 1 aromatic carbocycles. The zero-order valence-corrected chi connectivity index (χ0v) is 11.4. The van der Waals surface area contributed by atoms with E-state index >= 15 is 0 Å². The van der Waals surface area contributed by atoms with Crippen molar-refractivity contribution >= 4 is 23.2 Å². The van der Waals surface area contributed by atoms with Crippen molar-refractivity contribution in [2.75, 3.05) is 38.2 Å². The van der Waals surface area contributed by atoms with Crippen LogP contribution in [-0.2, 0) is 4.79 Å². The van der Waals surface area contributed by atoms with Gasteiger partial charge in [0.15, 0.2) is 0 Å². The van der Waals surface area contributed by atoms with E-state index in [2.05, 4.69) is 5.32 Å². The third-order valence-corrected chi connectivity index (χ3v) is 2.83. The molecule has 0 heterocycles. The number of rotatable bonds is 8. The number of nitrogens with one attached hydrogen (secondary N) is 1. The van der Waals surface area contributed by atoms with Gasteiger partial charge < -0.3 is 15.5 Å². The van der Waals surface area contributed by atoms with Crippen molar-refractivity contribution in [1.82, 2.24) is 4.90 Å². The Labute approximate surface area is 117 Å². The number of carbonyl (C=O) groups excluding carboxylic acids is 1. The molecule has 3 N–H and O–H groups in total. The van der Waals surface area contributed by atoms with Crippen LogP contribution in [0.3, 0.4) is 0 Å². The van der Waals surface area contributed by atoms with Gasteiger partial charge in [0.05, 0.1) is 13.2 Å². The fraction of sp³-hybridized carbons (Fsp3) is 0.462. The summed E-state index contributed by atoms with van der Waals surface area (Å²) in [6, 6.07) is 6.95. The van der Waals surface area contributed by atoms with Crippen LogP contribution in [0.15, 0.2) is 24.3 Å². The fourth-order valence-corrected chi connectivity index (χ4v) is 1.86. The molecule has 0 atom stereocenters. The normalized spacial score (nSPS) is 10.7. The van der Waals surface area contributed by atoms with Gasteiger partial charge in [-0.3, -0.25) is 9.69 Å². The zero-order chi connectivity index (χ0) is 14.1. The molecule has 0 aliphatic carbocycles. The van der Waals surface area contributed by atoms with E-state index < -0.39 is 0 Å². The first-order valence-corrected chi connectivity index (χ1v) is 6.53. The number of nitrogens with zero attached hydrogens (tertiary/aromatic N) is 1. The monoisotopic (exact) mass is 286 g/mol. The first-order chi connectivity index (χ1) is 9.15. The molecule has 0 aromatic heterocycles. The van der Waals surface area contributed by atoms with Gasteiger partial charge in [0.2, 0.25) is 5.91 Å². The lowest BCUT2D eigenvalue weighted by atomic mass is 10.3. The molecule has 1 rings (SSSR count). The van der Waals surface area contributed by atoms with Crippen molar-refractivity contribution in [2.24, 2.45) is 0 Å². The first-order valence-electron chi connectivity index (χ1n) is 6.15. The number of hydrogen-bond acceptors (Lipinski definition) is 4. The van der Waals surface area contributed by atoms with Crippen LogP contribution in [0.1, 0.15) is 6.42 Å². The van der Waals surface area contributed by atoms with Gasteiger partial charge >= 0.3 is 0 Å². The van der Waals surface area contributed by atoms with E-state index in [-0.39, 0.29) is 19.1 Å². The quantitative estimate of drug-likeness (QED) is 0.665. The van der Waals surface area contributed by atoms with Gasteiger partial charge in [0.25, 0.3) is 0 Å². The summed E-state index contributed by atoms with van der Waals surface area (Å²) in [5, 5.41) is 21.0. The van der Waals surface area contributed by atoms with Crippen LogP contribution in [0.25, 0.3) is 0 Å². The van der Waals surface area contributed by atoms with Crippen molar-refractivity contribution in [1.29, 1.82) is 0 Å². The number of carbonyl (C=O) groups is 1. The Kier molecular flexibility index (Phi) is 7.43. The van der Waals surface area contributed by atoms with Crippen molar-refractivity contribution in [3.05, 3.63) is 29.3 Å². The molecule has 6 heteroatoms. The second-order valence-electron chi connectivity index (χ2n) is 4.10. The summed E-state index contributed by atoms with van der Waals surface area (Å²) in [5.41, 5.74) is 0.661. The summed E-state index contributed by atoms with van der Waals surface area (Å²) in [6.07, 6.45) is 0.298. The summed E-state index contributed by atoms with van der Waals surface area (Å²) in [5.74, 6) is -0.122. The van der Waals surface area contributed by atoms with Gasteiger partial charge in [-0.25, -0.2) is 0 Å². The molecule has 5 nitrogen and oxygen atoms in total. The predicted molar refractivity (Wildman–Crippen MR) is 75.3 cm³/mol. The van der Waals surface area contributed by atoms with E-state index in [4.69, 9.17) is 21.8 Å². The maximum atomic E-state index is 11.7. The summed E-state index contributed by atoms with van der Waals surface area (Å²) in [4.78, 5) is 13.6. The zero-order valence-electron chi connectivity index (χ0n) is 10.7. The van der Waals surface area contributed by atoms with Crippen LogP contribution >= 0.6 is 11.6 Å². The van der Waals surface area contributed by atoms with E-state index in [1.165, 1.54) is 0 Å². The van der Waals surface area contributed by atoms with Crippen LogP contribution < -0.4 is 5.32 Å². The molecular weight excluding hydrogens is 268 g/mol. The first kappa shape index (κ1) is 15.9. The molecule has 106 valence electrons. The molecule has 1 aromatic rings. The summed E-state index contributed by atoms with van der Waals surface area (Å²) >= 11 is 5.82. The van der Waals surface area contributed by atoms with E-state index in [1.807, 2.05) is 4.90 Å². The molecule has 0 saturated heterocycles. The number of halogens is 1. The minimum atomic E-state index is -0.122. The summed E-state index contributed by atoms with van der Waals surface area (Å²) in [6.45, 7) is 1.41. The van der Waals surface area contributed by atoms with Crippen molar-refractivity contribution in [2.45, 2.75) is 6.42 Å². The molecule has 0 aliphatic rings. The van der Waals surface area contributed by atoms with Crippen molar-refractivity contribution in [3.8, 4) is 0 Å². The molecule has 0 fully saturated rings. The van der Waals surface area contributed by atoms with E-state index in [0.29, 0.717) is 36.8 Å². The maximum absolute atomic E-state index is 11.7. The second kappa shape index (κ2) is 8.87. The number of aliphatic hydroxyl groups excluding tert-OH is 2. The predicted octanol–water partition coefficient (Wildman–Crippen LogP) is 0.955. The smallest absolute Gasteiger partial charge is 0.225 e. The molecule has 0 unspecified atom stereocenters. The molecule has 19 heavy (non-hydrogen) atoms. The lowest BCUT2D eigenvalue weighted by Gasteiger charge is -2.19. The largest absolute Gasteiger partial charge is 0.395 e. The van der Waals surface area contributed by atoms with Crippen LogP contribution in [-0.4, -0.2) is 53.9 Å². The Morgan fingerprint density at radius 3 is 2.47 bits per heavy atom. The van der Waals surface area contributed by atoms with Gasteiger partial charge in [0, 0.05) is 36.8 Å². The number of anilines is 1. The lowest BCUT2D eigenvalue weighted by molar-refractivity contribution is -0.116. The van der Waals surface area contributed by atoms with Crippen LogP contribution in [0.5, 0.6) is 0 Å². The van der Waals surface area contributed by atoms with Gasteiger partial charge in [-0.05, 0) is 18.2 Å². The van der Waals surface area contributed by atoms with Gasteiger partial charge in [0.1, 0.15) is 0 Å². The Bertz CT molecular complexity index is 395. The van der Waals surface area contributed by atoms with E-state index in [0.717, 1.165) is 0 Å². The number of amides is 1. The average molecular weight is 287 g/mol. The number of aliphatic hydroxyl groups is 2. The van der Waals surface area contributed by atoms with Crippen LogP contribution in [0.2, 0.25) is 5.02 Å². The molecule has 0 spiro atoms. The third kappa shape index (κ3) is 6.54. The minimum Gasteiger partial charge on any atom is -0.395 e. The lowest BCUT2D eigenvalue weighted by Crippen LogP contribution is -2.32. The van der Waals surface area contributed by atoms with Crippen molar-refractivity contribution in [3.63, 3.8) is 0 Å². The number of hydrogen-bond donors (Lipinski definition) is 3. The van der Waals surface area contributed by atoms with Gasteiger partial charge in [-0.15, -0.1) is 0 Å². The Morgan fingerprint density at radius 1 is 1.21 bits per heavy atom. The fourth-order valence-electron chi connectivity index (χ4n) is 1.67. The average Bonchev–Trinajstić information content (AvgIpc) is 2.36. The Balaban J connectivity index is 2.38. The second-order valence-corrected chi connectivity index (χ2v) is 4.53. The van der Waals surface area contributed by atoms with E-state index in [9.17, 15) is 4.79 Å². The maximum Gasteiger partial charge on any atom is 0.225 e. The van der Waals surface area contributed by atoms with E-state index in [1.54, 1.807) is 24.3 Å². The molecule has 0 radical (unpaired) electrons. The summed E-state index contributed by atoms with van der Waals surface area (Å²) < 4.78 is 0. The van der Waals surface area contributed by atoms with Crippen LogP contribution in [0.4, 0.5) is 5.69 Å². The minimum absolute atomic E-state index is 0.00983. The highest BCUT2D eigenvalue weighted by Crippen LogP contribution is 2.14. The highest BCUT2D eigenvalue weighted by atomic mass is 35.5. The Morgan fingerprint density at radius 2 is 1.89 bits per heavy atom. The molecule has 1 amide bonds. The molecule has 0 bridgehead atoms. The van der Waals surface area contributed by atoms with Gasteiger partial charge in [-0.2, -0.15) is 0 Å². The van der Waals surface area contributed by atoms with Crippen LogP contribution in [0, 0.1) is 0 Å². The third-order valence-electron chi connectivity index (χ3n) is 2.60. The SMILES string of the molecule is O=C(CCN(CCO)CCO)Nc1cccc(Cl)c1. The standard InChI is InChI=1S/C13H19ClN2O3/c14-11-2-1-3-12(10-11)15-13(19)4-5-16(6-8-17)7-9-18/h1-3,10,17-18H,4-9H2,(H,15,19). The number of benzene rings is 1. The molecule has 0 saturated carbocycles.